The molecule has 0 aromatic heterocycles. The number of anilines is 1. The molecule has 1 atom stereocenters. The first-order valence-electron chi connectivity index (χ1n) is 5.79. The number of amides is 2. The summed E-state index contributed by atoms with van der Waals surface area (Å²) in [6.45, 7) is 2.56. The molecular weight excluding hydrogens is 216 g/mol. The molecule has 0 aliphatic carbocycles. The van der Waals surface area contributed by atoms with E-state index in [0.717, 1.165) is 24.2 Å². The van der Waals surface area contributed by atoms with Gasteiger partial charge in [-0.25, -0.2) is 0 Å². The second-order valence-corrected chi connectivity index (χ2v) is 4.36. The Bertz CT molecular complexity index is 439. The summed E-state index contributed by atoms with van der Waals surface area (Å²) in [5, 5.41) is 0. The highest BCUT2D eigenvalue weighted by Crippen LogP contribution is 2.23. The summed E-state index contributed by atoms with van der Waals surface area (Å²) in [6, 6.07) is 7.46. The van der Waals surface area contributed by atoms with E-state index in [1.165, 1.54) is 0 Å². The normalized spacial score (nSPS) is 17.2. The van der Waals surface area contributed by atoms with Gasteiger partial charge < -0.3 is 10.6 Å². The Morgan fingerprint density at radius 3 is 2.47 bits per heavy atom. The van der Waals surface area contributed by atoms with E-state index in [0.29, 0.717) is 6.42 Å². The van der Waals surface area contributed by atoms with Crippen molar-refractivity contribution < 1.29 is 9.59 Å². The summed E-state index contributed by atoms with van der Waals surface area (Å²) in [5.74, 6) is -0.464. The lowest BCUT2D eigenvalue weighted by Crippen LogP contribution is -2.23. The molecule has 0 spiro atoms. The van der Waals surface area contributed by atoms with Crippen LogP contribution in [0.15, 0.2) is 24.3 Å². The van der Waals surface area contributed by atoms with Gasteiger partial charge >= 0.3 is 0 Å². The van der Waals surface area contributed by atoms with E-state index in [9.17, 15) is 9.59 Å². The molecule has 2 amide bonds. The molecule has 4 heteroatoms. The van der Waals surface area contributed by atoms with E-state index in [1.807, 2.05) is 24.3 Å². The lowest BCUT2D eigenvalue weighted by atomic mass is 10.0. The van der Waals surface area contributed by atoms with Crippen molar-refractivity contribution in [3.63, 3.8) is 0 Å². The van der Waals surface area contributed by atoms with Crippen LogP contribution in [0.25, 0.3) is 0 Å². The number of carbonyl (C=O) groups excluding carboxylic acids is 2. The van der Waals surface area contributed by atoms with Gasteiger partial charge in [0, 0.05) is 18.7 Å². The molecule has 2 N–H and O–H groups in total. The first-order valence-corrected chi connectivity index (χ1v) is 5.79. The maximum atomic E-state index is 11.6. The summed E-state index contributed by atoms with van der Waals surface area (Å²) >= 11 is 0. The van der Waals surface area contributed by atoms with Gasteiger partial charge in [-0.3, -0.25) is 9.59 Å². The second-order valence-electron chi connectivity index (χ2n) is 4.36. The Morgan fingerprint density at radius 2 is 2.00 bits per heavy atom. The molecule has 1 aromatic carbocycles. The van der Waals surface area contributed by atoms with E-state index in [-0.39, 0.29) is 17.7 Å². The van der Waals surface area contributed by atoms with Crippen molar-refractivity contribution in [3.05, 3.63) is 29.8 Å². The standard InChI is InChI=1S/C13H16N2O2/c1-9(13(14)17)10-4-6-11(7-5-10)15-8-2-3-12(15)16/h4-7,9H,2-3,8H2,1H3,(H2,14,17). The van der Waals surface area contributed by atoms with Gasteiger partial charge in [0.1, 0.15) is 0 Å². The van der Waals surface area contributed by atoms with Crippen molar-refractivity contribution >= 4 is 17.5 Å². The molecular formula is C13H16N2O2. The van der Waals surface area contributed by atoms with Crippen molar-refractivity contribution in [2.45, 2.75) is 25.7 Å². The highest BCUT2D eigenvalue weighted by atomic mass is 16.2. The molecule has 1 heterocycles. The van der Waals surface area contributed by atoms with E-state index in [2.05, 4.69) is 0 Å². The van der Waals surface area contributed by atoms with Crippen LogP contribution >= 0.6 is 0 Å². The number of hydrogen-bond donors (Lipinski definition) is 1. The van der Waals surface area contributed by atoms with Gasteiger partial charge in [-0.1, -0.05) is 12.1 Å². The highest BCUT2D eigenvalue weighted by molar-refractivity contribution is 5.95. The van der Waals surface area contributed by atoms with Crippen LogP contribution in [0.3, 0.4) is 0 Å². The van der Waals surface area contributed by atoms with E-state index >= 15 is 0 Å². The Hall–Kier alpha value is -1.84. The molecule has 1 aromatic rings. The van der Waals surface area contributed by atoms with Crippen LogP contribution in [0.1, 0.15) is 31.2 Å². The topological polar surface area (TPSA) is 63.4 Å². The minimum Gasteiger partial charge on any atom is -0.369 e. The molecule has 0 radical (unpaired) electrons. The van der Waals surface area contributed by atoms with Crippen LogP contribution in [-0.4, -0.2) is 18.4 Å². The van der Waals surface area contributed by atoms with Crippen LogP contribution in [0.4, 0.5) is 5.69 Å². The summed E-state index contributed by atoms with van der Waals surface area (Å²) in [5.41, 5.74) is 7.03. The number of primary amides is 1. The average molecular weight is 232 g/mol. The second kappa shape index (κ2) is 4.57. The zero-order valence-corrected chi connectivity index (χ0v) is 9.85. The van der Waals surface area contributed by atoms with Crippen molar-refractivity contribution in [1.82, 2.24) is 0 Å². The summed E-state index contributed by atoms with van der Waals surface area (Å²) in [4.78, 5) is 24.4. The van der Waals surface area contributed by atoms with Crippen LogP contribution in [0, 0.1) is 0 Å². The number of rotatable bonds is 3. The van der Waals surface area contributed by atoms with Gasteiger partial charge in [-0.2, -0.15) is 0 Å². The smallest absolute Gasteiger partial charge is 0.227 e. The minimum atomic E-state index is -0.338. The van der Waals surface area contributed by atoms with Gasteiger partial charge in [0.2, 0.25) is 11.8 Å². The van der Waals surface area contributed by atoms with Crippen molar-refractivity contribution in [2.24, 2.45) is 5.73 Å². The van der Waals surface area contributed by atoms with Gasteiger partial charge in [-0.05, 0) is 31.0 Å². The quantitative estimate of drug-likeness (QED) is 0.856. The third kappa shape index (κ3) is 2.30. The number of nitrogens with zero attached hydrogens (tertiary/aromatic N) is 1. The number of hydrogen-bond acceptors (Lipinski definition) is 2. The van der Waals surface area contributed by atoms with Crippen molar-refractivity contribution in [3.8, 4) is 0 Å². The lowest BCUT2D eigenvalue weighted by molar-refractivity contribution is -0.119. The highest BCUT2D eigenvalue weighted by Gasteiger charge is 2.21. The third-order valence-corrected chi connectivity index (χ3v) is 3.20. The maximum Gasteiger partial charge on any atom is 0.227 e. The third-order valence-electron chi connectivity index (χ3n) is 3.20. The number of nitrogens with two attached hydrogens (primary N) is 1. The zero-order chi connectivity index (χ0) is 12.4. The summed E-state index contributed by atoms with van der Waals surface area (Å²) in [7, 11) is 0. The van der Waals surface area contributed by atoms with Gasteiger partial charge in [0.05, 0.1) is 5.92 Å². The minimum absolute atomic E-state index is 0.167. The molecule has 90 valence electrons. The Balaban J connectivity index is 2.18. The predicted molar refractivity (Wildman–Crippen MR) is 65.6 cm³/mol. The fourth-order valence-electron chi connectivity index (χ4n) is 2.03. The van der Waals surface area contributed by atoms with Gasteiger partial charge in [0.15, 0.2) is 0 Å². The first kappa shape index (κ1) is 11.6. The molecule has 1 aliphatic heterocycles. The lowest BCUT2D eigenvalue weighted by Gasteiger charge is -2.16. The van der Waals surface area contributed by atoms with Gasteiger partial charge in [-0.15, -0.1) is 0 Å². The predicted octanol–water partition coefficient (Wildman–Crippen LogP) is 1.40. The average Bonchev–Trinajstić information content (AvgIpc) is 2.74. The maximum absolute atomic E-state index is 11.6. The molecule has 4 nitrogen and oxygen atoms in total. The molecule has 0 bridgehead atoms. The molecule has 1 aliphatic rings. The Labute approximate surface area is 100 Å². The first-order chi connectivity index (χ1) is 8.09. The van der Waals surface area contributed by atoms with Crippen molar-refractivity contribution in [2.75, 3.05) is 11.4 Å². The zero-order valence-electron chi connectivity index (χ0n) is 9.85. The number of carbonyl (C=O) groups is 2. The molecule has 0 saturated carbocycles. The SMILES string of the molecule is CC(C(N)=O)c1ccc(N2CCCC2=O)cc1. The summed E-state index contributed by atoms with van der Waals surface area (Å²) in [6.07, 6.45) is 1.54. The Morgan fingerprint density at radius 1 is 1.35 bits per heavy atom. The fourth-order valence-corrected chi connectivity index (χ4v) is 2.03. The summed E-state index contributed by atoms with van der Waals surface area (Å²) < 4.78 is 0. The molecule has 1 unspecified atom stereocenters. The van der Waals surface area contributed by atoms with Crippen molar-refractivity contribution in [1.29, 1.82) is 0 Å². The molecule has 1 saturated heterocycles. The fraction of sp³-hybridized carbons (Fsp3) is 0.385. The number of benzene rings is 1. The van der Waals surface area contributed by atoms with E-state index in [1.54, 1.807) is 11.8 Å². The van der Waals surface area contributed by atoms with Gasteiger partial charge in [0.25, 0.3) is 0 Å². The van der Waals surface area contributed by atoms with E-state index < -0.39 is 0 Å². The largest absolute Gasteiger partial charge is 0.369 e. The van der Waals surface area contributed by atoms with E-state index in [4.69, 9.17) is 5.73 Å². The molecule has 1 fully saturated rings. The van der Waals surface area contributed by atoms with Crippen LogP contribution in [0.5, 0.6) is 0 Å². The monoisotopic (exact) mass is 232 g/mol. The molecule has 17 heavy (non-hydrogen) atoms. The van der Waals surface area contributed by atoms with Crippen LogP contribution in [0.2, 0.25) is 0 Å². The molecule has 2 rings (SSSR count). The Kier molecular flexibility index (Phi) is 3.13. The van der Waals surface area contributed by atoms with Crippen LogP contribution < -0.4 is 10.6 Å². The van der Waals surface area contributed by atoms with Crippen LogP contribution in [-0.2, 0) is 9.59 Å².